The molecule has 0 aromatic heterocycles. The average molecular weight is 541 g/mol. The number of carbonyl (C=O) groups excluding carboxylic acids is 3. The molecular formula is C30H24N2O6S. The van der Waals surface area contributed by atoms with Gasteiger partial charge in [0, 0.05) is 45.7 Å². The van der Waals surface area contributed by atoms with Crippen LogP contribution < -0.4 is 0 Å². The van der Waals surface area contributed by atoms with Gasteiger partial charge in [0.2, 0.25) is 5.78 Å². The molecule has 1 aliphatic rings. The number of allylic oxidation sites excluding steroid dienone is 4. The summed E-state index contributed by atoms with van der Waals surface area (Å²) in [5.41, 5.74) is 1.83. The van der Waals surface area contributed by atoms with E-state index in [2.05, 4.69) is 5.16 Å². The molecule has 0 aliphatic heterocycles. The minimum absolute atomic E-state index is 0.0414. The third-order valence-electron chi connectivity index (χ3n) is 6.04. The highest BCUT2D eigenvalue weighted by atomic mass is 32.2. The molecule has 4 rings (SSSR count). The smallest absolute Gasteiger partial charge is 0.318 e. The number of ketones is 2. The number of hydrogen-bond donors (Lipinski definition) is 0. The van der Waals surface area contributed by atoms with Crippen LogP contribution >= 0.6 is 11.8 Å². The molecule has 0 amide bonds. The van der Waals surface area contributed by atoms with Crippen LogP contribution in [0, 0.1) is 17.0 Å². The van der Waals surface area contributed by atoms with E-state index < -0.39 is 16.7 Å². The van der Waals surface area contributed by atoms with Crippen molar-refractivity contribution in [3.05, 3.63) is 128 Å². The van der Waals surface area contributed by atoms with Crippen molar-refractivity contribution >= 4 is 40.7 Å². The van der Waals surface area contributed by atoms with Gasteiger partial charge in [0.1, 0.15) is 0 Å². The van der Waals surface area contributed by atoms with E-state index in [4.69, 9.17) is 4.84 Å². The van der Waals surface area contributed by atoms with Crippen LogP contribution in [-0.4, -0.2) is 28.2 Å². The van der Waals surface area contributed by atoms with Crippen molar-refractivity contribution in [1.82, 2.24) is 0 Å². The summed E-state index contributed by atoms with van der Waals surface area (Å²) in [6, 6.07) is 20.8. The largest absolute Gasteiger partial charge is 0.332 e. The normalized spacial score (nSPS) is 13.2. The molecule has 0 saturated heterocycles. The van der Waals surface area contributed by atoms with Gasteiger partial charge >= 0.3 is 5.97 Å². The first kappa shape index (κ1) is 27.4. The van der Waals surface area contributed by atoms with Gasteiger partial charge in [0.25, 0.3) is 5.69 Å². The topological polar surface area (TPSA) is 116 Å². The summed E-state index contributed by atoms with van der Waals surface area (Å²) in [7, 11) is 0. The van der Waals surface area contributed by atoms with E-state index in [0.29, 0.717) is 29.5 Å². The molecule has 3 aromatic rings. The van der Waals surface area contributed by atoms with Crippen LogP contribution in [0.4, 0.5) is 5.69 Å². The SMILES string of the molecule is CC(=O)O/N=C(\C(=O)C1=CC=C(Sc2ccc(C(=O)c3ccccc3)cc2)CC1)c1cccc([N+](=O)[O-])c1C. The average Bonchev–Trinajstić information content (AvgIpc) is 2.94. The van der Waals surface area contributed by atoms with Gasteiger partial charge in [-0.25, -0.2) is 4.79 Å². The summed E-state index contributed by atoms with van der Waals surface area (Å²) in [6.07, 6.45) is 4.53. The molecule has 9 heteroatoms. The monoisotopic (exact) mass is 540 g/mol. The van der Waals surface area contributed by atoms with Crippen molar-refractivity contribution in [3.8, 4) is 0 Å². The zero-order valence-electron chi connectivity index (χ0n) is 21.2. The first-order valence-corrected chi connectivity index (χ1v) is 12.9. The lowest BCUT2D eigenvalue weighted by Gasteiger charge is -2.15. The highest BCUT2D eigenvalue weighted by molar-refractivity contribution is 8.03. The number of nitro groups is 1. The highest BCUT2D eigenvalue weighted by Crippen LogP contribution is 2.34. The fourth-order valence-corrected chi connectivity index (χ4v) is 4.94. The molecule has 0 heterocycles. The predicted octanol–water partition coefficient (Wildman–Crippen LogP) is 6.37. The second kappa shape index (κ2) is 12.3. The van der Waals surface area contributed by atoms with E-state index in [0.717, 1.165) is 16.7 Å². The Balaban J connectivity index is 1.52. The van der Waals surface area contributed by atoms with Gasteiger partial charge in [-0.1, -0.05) is 71.5 Å². The Morgan fingerprint density at radius 1 is 0.897 bits per heavy atom. The van der Waals surface area contributed by atoms with Crippen molar-refractivity contribution < 1.29 is 24.1 Å². The summed E-state index contributed by atoms with van der Waals surface area (Å²) in [5.74, 6) is -1.22. The number of carbonyl (C=O) groups is 3. The van der Waals surface area contributed by atoms with Crippen LogP contribution in [0.25, 0.3) is 0 Å². The molecule has 0 spiro atoms. The fourth-order valence-electron chi connectivity index (χ4n) is 4.03. The third-order valence-corrected chi connectivity index (χ3v) is 7.15. The van der Waals surface area contributed by atoms with Crippen LogP contribution in [0.5, 0.6) is 0 Å². The second-order valence-corrected chi connectivity index (χ2v) is 9.91. The number of benzene rings is 3. The summed E-state index contributed by atoms with van der Waals surface area (Å²) in [4.78, 5) is 55.0. The molecule has 8 nitrogen and oxygen atoms in total. The Labute approximate surface area is 229 Å². The van der Waals surface area contributed by atoms with E-state index in [-0.39, 0.29) is 28.3 Å². The number of nitrogens with zero attached hydrogens (tertiary/aromatic N) is 2. The first-order chi connectivity index (χ1) is 18.7. The quantitative estimate of drug-likeness (QED) is 0.102. The lowest BCUT2D eigenvalue weighted by Crippen LogP contribution is -2.21. The molecular weight excluding hydrogens is 516 g/mol. The molecule has 0 saturated carbocycles. The maximum absolute atomic E-state index is 13.4. The van der Waals surface area contributed by atoms with Crippen molar-refractivity contribution in [2.75, 3.05) is 0 Å². The molecule has 0 N–H and O–H groups in total. The predicted molar refractivity (Wildman–Crippen MR) is 149 cm³/mol. The minimum atomic E-state index is -0.712. The van der Waals surface area contributed by atoms with Crippen molar-refractivity contribution in [1.29, 1.82) is 0 Å². The number of oxime groups is 1. The van der Waals surface area contributed by atoms with E-state index >= 15 is 0 Å². The van der Waals surface area contributed by atoms with Gasteiger partial charge in [-0.2, -0.15) is 0 Å². The number of Topliss-reactive ketones (excluding diaryl/α,β-unsaturated/α-hetero) is 1. The van der Waals surface area contributed by atoms with E-state index in [1.807, 2.05) is 36.4 Å². The van der Waals surface area contributed by atoms with E-state index in [1.165, 1.54) is 25.1 Å². The number of thioether (sulfide) groups is 1. The Kier molecular flexibility index (Phi) is 8.63. The summed E-state index contributed by atoms with van der Waals surface area (Å²) < 4.78 is 0. The molecule has 39 heavy (non-hydrogen) atoms. The molecule has 0 unspecified atom stereocenters. The van der Waals surface area contributed by atoms with Gasteiger partial charge in [0.15, 0.2) is 11.5 Å². The van der Waals surface area contributed by atoms with Crippen LogP contribution in [-0.2, 0) is 14.4 Å². The summed E-state index contributed by atoms with van der Waals surface area (Å²) in [5, 5.41) is 15.2. The molecule has 0 atom stereocenters. The molecule has 3 aromatic carbocycles. The van der Waals surface area contributed by atoms with Gasteiger partial charge < -0.3 is 4.84 Å². The molecule has 1 aliphatic carbocycles. The minimum Gasteiger partial charge on any atom is -0.318 e. The number of rotatable bonds is 9. The molecule has 0 fully saturated rings. The Hall–Kier alpha value is -4.63. The van der Waals surface area contributed by atoms with Crippen LogP contribution in [0.1, 0.15) is 46.8 Å². The highest BCUT2D eigenvalue weighted by Gasteiger charge is 2.26. The van der Waals surface area contributed by atoms with E-state index in [1.54, 1.807) is 42.1 Å². The number of hydrogen-bond acceptors (Lipinski definition) is 8. The van der Waals surface area contributed by atoms with Crippen LogP contribution in [0.15, 0.2) is 105 Å². The lowest BCUT2D eigenvalue weighted by atomic mass is 9.92. The Morgan fingerprint density at radius 3 is 2.21 bits per heavy atom. The van der Waals surface area contributed by atoms with Crippen molar-refractivity contribution in [2.24, 2.45) is 5.16 Å². The van der Waals surface area contributed by atoms with Gasteiger partial charge in [-0.15, -0.1) is 0 Å². The van der Waals surface area contributed by atoms with Crippen molar-refractivity contribution in [3.63, 3.8) is 0 Å². The lowest BCUT2D eigenvalue weighted by molar-refractivity contribution is -0.385. The third kappa shape index (κ3) is 6.63. The zero-order valence-corrected chi connectivity index (χ0v) is 22.1. The van der Waals surface area contributed by atoms with Gasteiger partial charge in [0.05, 0.1) is 4.92 Å². The van der Waals surface area contributed by atoms with Gasteiger partial charge in [-0.05, 0) is 48.9 Å². The standard InChI is InChI=1S/C30H24N2O6S/c1-19-26(9-6-10-27(19)32(36)37)28(31-38-20(2)33)30(35)23-13-17-25(18-14-23)39-24-15-11-22(12-16-24)29(34)21-7-4-3-5-8-21/h3-13,15-17H,14,18H2,1-2H3/b31-28-. The second-order valence-electron chi connectivity index (χ2n) is 8.71. The van der Waals surface area contributed by atoms with Crippen molar-refractivity contribution in [2.45, 2.75) is 31.6 Å². The molecule has 0 bridgehead atoms. The van der Waals surface area contributed by atoms with Crippen LogP contribution in [0.2, 0.25) is 0 Å². The fraction of sp³-hybridized carbons (Fsp3) is 0.133. The number of nitro benzene ring substituents is 1. The Morgan fingerprint density at radius 2 is 1.59 bits per heavy atom. The Bertz CT molecular complexity index is 1540. The summed E-state index contributed by atoms with van der Waals surface area (Å²) in [6.45, 7) is 2.68. The summed E-state index contributed by atoms with van der Waals surface area (Å²) >= 11 is 1.54. The molecule has 0 radical (unpaired) electrons. The zero-order chi connectivity index (χ0) is 27.9. The van der Waals surface area contributed by atoms with E-state index in [9.17, 15) is 24.5 Å². The molecule has 196 valence electrons. The van der Waals surface area contributed by atoms with Gasteiger partial charge in [-0.3, -0.25) is 19.7 Å². The first-order valence-electron chi connectivity index (χ1n) is 12.1. The van der Waals surface area contributed by atoms with Crippen LogP contribution in [0.3, 0.4) is 0 Å². The maximum Gasteiger partial charge on any atom is 0.332 e. The maximum atomic E-state index is 13.4.